The molecule has 3 rings (SSSR count). The third-order valence-electron chi connectivity index (χ3n) is 2.65. The number of rotatable bonds is 0. The summed E-state index contributed by atoms with van der Waals surface area (Å²) in [6.45, 7) is 0. The number of nitrogen functional groups attached to an aromatic ring is 1. The van der Waals surface area contributed by atoms with Gasteiger partial charge in [0, 0.05) is 17.1 Å². The van der Waals surface area contributed by atoms with Crippen LogP contribution in [0.5, 0.6) is 0 Å². The SMILES string of the molecule is Nc1ccc2c(c1)oc(=O)c1ccccc12. The molecular weight excluding hydrogens is 202 g/mol. The highest BCUT2D eigenvalue weighted by Gasteiger charge is 2.06. The van der Waals surface area contributed by atoms with Crippen molar-refractivity contribution in [3.8, 4) is 0 Å². The third-order valence-corrected chi connectivity index (χ3v) is 2.65. The first kappa shape index (κ1) is 8.97. The normalized spacial score (nSPS) is 11.0. The highest BCUT2D eigenvalue weighted by atomic mass is 16.4. The lowest BCUT2D eigenvalue weighted by Gasteiger charge is -2.02. The number of anilines is 1. The van der Waals surface area contributed by atoms with E-state index in [9.17, 15) is 4.79 Å². The first-order valence-corrected chi connectivity index (χ1v) is 4.97. The Balaban J connectivity index is 2.64. The minimum atomic E-state index is -0.325. The van der Waals surface area contributed by atoms with Crippen LogP contribution in [0.2, 0.25) is 0 Å². The Morgan fingerprint density at radius 3 is 2.50 bits per heavy atom. The molecule has 16 heavy (non-hydrogen) atoms. The van der Waals surface area contributed by atoms with Crippen LogP contribution < -0.4 is 11.4 Å². The van der Waals surface area contributed by atoms with Gasteiger partial charge in [0.05, 0.1) is 5.39 Å². The van der Waals surface area contributed by atoms with Gasteiger partial charge < -0.3 is 10.2 Å². The summed E-state index contributed by atoms with van der Waals surface area (Å²) in [5.41, 5.74) is 6.45. The van der Waals surface area contributed by atoms with E-state index in [0.717, 1.165) is 10.8 Å². The van der Waals surface area contributed by atoms with Gasteiger partial charge >= 0.3 is 5.63 Å². The van der Waals surface area contributed by atoms with Crippen LogP contribution in [-0.2, 0) is 0 Å². The monoisotopic (exact) mass is 211 g/mol. The van der Waals surface area contributed by atoms with Crippen molar-refractivity contribution in [3.05, 3.63) is 52.9 Å². The smallest absolute Gasteiger partial charge is 0.344 e. The molecule has 0 aliphatic heterocycles. The Morgan fingerprint density at radius 2 is 1.69 bits per heavy atom. The van der Waals surface area contributed by atoms with Gasteiger partial charge in [-0.05, 0) is 23.6 Å². The van der Waals surface area contributed by atoms with Crippen LogP contribution in [0.1, 0.15) is 0 Å². The van der Waals surface area contributed by atoms with Crippen LogP contribution in [0.3, 0.4) is 0 Å². The molecule has 0 fully saturated rings. The molecule has 2 aromatic carbocycles. The van der Waals surface area contributed by atoms with Crippen LogP contribution in [0.15, 0.2) is 51.7 Å². The fraction of sp³-hybridized carbons (Fsp3) is 0. The van der Waals surface area contributed by atoms with E-state index in [1.54, 1.807) is 18.2 Å². The van der Waals surface area contributed by atoms with Crippen LogP contribution in [0.4, 0.5) is 5.69 Å². The fourth-order valence-corrected chi connectivity index (χ4v) is 1.90. The van der Waals surface area contributed by atoms with Crippen LogP contribution >= 0.6 is 0 Å². The molecule has 0 spiro atoms. The van der Waals surface area contributed by atoms with E-state index in [2.05, 4.69) is 0 Å². The lowest BCUT2D eigenvalue weighted by atomic mass is 10.1. The standard InChI is InChI=1S/C13H9NO2/c14-8-5-6-10-9-3-1-2-4-11(9)13(15)16-12(10)7-8/h1-7H,14H2. The molecule has 0 aliphatic carbocycles. The van der Waals surface area contributed by atoms with Crippen molar-refractivity contribution in [2.24, 2.45) is 0 Å². The molecule has 3 nitrogen and oxygen atoms in total. The van der Waals surface area contributed by atoms with E-state index >= 15 is 0 Å². The van der Waals surface area contributed by atoms with Gasteiger partial charge in [-0.2, -0.15) is 0 Å². The molecular formula is C13H9NO2. The third kappa shape index (κ3) is 1.18. The lowest BCUT2D eigenvalue weighted by Crippen LogP contribution is -1.99. The second-order valence-corrected chi connectivity index (χ2v) is 3.69. The summed E-state index contributed by atoms with van der Waals surface area (Å²) in [6.07, 6.45) is 0. The van der Waals surface area contributed by atoms with Gasteiger partial charge in [0.2, 0.25) is 0 Å². The van der Waals surface area contributed by atoms with Gasteiger partial charge in [-0.1, -0.05) is 18.2 Å². The fourth-order valence-electron chi connectivity index (χ4n) is 1.90. The predicted molar refractivity (Wildman–Crippen MR) is 64.4 cm³/mol. The molecule has 0 radical (unpaired) electrons. The largest absolute Gasteiger partial charge is 0.422 e. The molecule has 0 saturated heterocycles. The van der Waals surface area contributed by atoms with Gasteiger partial charge in [0.25, 0.3) is 0 Å². The maximum absolute atomic E-state index is 11.7. The predicted octanol–water partition coefficient (Wildman–Crippen LogP) is 2.53. The number of fused-ring (bicyclic) bond motifs is 3. The van der Waals surface area contributed by atoms with Crippen molar-refractivity contribution in [2.45, 2.75) is 0 Å². The molecule has 78 valence electrons. The Bertz CT molecular complexity index is 744. The van der Waals surface area contributed by atoms with Gasteiger partial charge in [-0.15, -0.1) is 0 Å². The number of hydrogen-bond donors (Lipinski definition) is 1. The molecule has 0 bridgehead atoms. The minimum Gasteiger partial charge on any atom is -0.422 e. The second-order valence-electron chi connectivity index (χ2n) is 3.69. The summed E-state index contributed by atoms with van der Waals surface area (Å²) < 4.78 is 5.22. The maximum Gasteiger partial charge on any atom is 0.344 e. The molecule has 0 aliphatic rings. The lowest BCUT2D eigenvalue weighted by molar-refractivity contribution is 0.570. The molecule has 0 atom stereocenters. The summed E-state index contributed by atoms with van der Waals surface area (Å²) in [6, 6.07) is 12.7. The van der Waals surface area contributed by atoms with Crippen molar-refractivity contribution in [1.82, 2.24) is 0 Å². The first-order valence-electron chi connectivity index (χ1n) is 4.97. The number of nitrogens with two attached hydrogens (primary N) is 1. The zero-order chi connectivity index (χ0) is 11.1. The summed E-state index contributed by atoms with van der Waals surface area (Å²) in [5.74, 6) is 0. The average Bonchev–Trinajstić information content (AvgIpc) is 2.29. The van der Waals surface area contributed by atoms with E-state index in [1.807, 2.05) is 24.3 Å². The summed E-state index contributed by atoms with van der Waals surface area (Å²) in [5, 5.41) is 2.40. The van der Waals surface area contributed by atoms with Crippen molar-refractivity contribution < 1.29 is 4.42 Å². The first-order chi connectivity index (χ1) is 7.75. The Labute approximate surface area is 91.1 Å². The summed E-state index contributed by atoms with van der Waals surface area (Å²) in [4.78, 5) is 11.7. The van der Waals surface area contributed by atoms with E-state index in [0.29, 0.717) is 16.7 Å². The molecule has 0 unspecified atom stereocenters. The maximum atomic E-state index is 11.7. The Morgan fingerprint density at radius 1 is 0.938 bits per heavy atom. The van der Waals surface area contributed by atoms with Crippen molar-refractivity contribution in [2.75, 3.05) is 5.73 Å². The van der Waals surface area contributed by atoms with E-state index in [-0.39, 0.29) is 5.63 Å². The second kappa shape index (κ2) is 3.10. The average molecular weight is 211 g/mol. The zero-order valence-electron chi connectivity index (χ0n) is 8.44. The van der Waals surface area contributed by atoms with Gasteiger partial charge in [-0.25, -0.2) is 4.79 Å². The molecule has 3 heteroatoms. The highest BCUT2D eigenvalue weighted by Crippen LogP contribution is 2.23. The quantitative estimate of drug-likeness (QED) is 0.353. The zero-order valence-corrected chi connectivity index (χ0v) is 8.44. The minimum absolute atomic E-state index is 0.325. The van der Waals surface area contributed by atoms with Crippen molar-refractivity contribution in [3.63, 3.8) is 0 Å². The van der Waals surface area contributed by atoms with Gasteiger partial charge in [0.1, 0.15) is 5.58 Å². The van der Waals surface area contributed by atoms with Crippen LogP contribution in [0.25, 0.3) is 21.7 Å². The molecule has 0 saturated carbocycles. The number of benzene rings is 2. The van der Waals surface area contributed by atoms with E-state index in [4.69, 9.17) is 10.2 Å². The Kier molecular flexibility index (Phi) is 1.74. The van der Waals surface area contributed by atoms with E-state index in [1.165, 1.54) is 0 Å². The van der Waals surface area contributed by atoms with Crippen molar-refractivity contribution in [1.29, 1.82) is 0 Å². The summed E-state index contributed by atoms with van der Waals surface area (Å²) in [7, 11) is 0. The van der Waals surface area contributed by atoms with Crippen molar-refractivity contribution >= 4 is 27.4 Å². The number of hydrogen-bond acceptors (Lipinski definition) is 3. The molecule has 3 aromatic rings. The van der Waals surface area contributed by atoms with Crippen LogP contribution in [0, 0.1) is 0 Å². The summed E-state index contributed by atoms with van der Waals surface area (Å²) >= 11 is 0. The molecule has 2 N–H and O–H groups in total. The topological polar surface area (TPSA) is 56.2 Å². The van der Waals surface area contributed by atoms with E-state index < -0.39 is 0 Å². The van der Waals surface area contributed by atoms with Gasteiger partial charge in [0.15, 0.2) is 0 Å². The Hall–Kier alpha value is -2.29. The molecule has 0 amide bonds. The highest BCUT2D eigenvalue weighted by molar-refractivity contribution is 6.04. The van der Waals surface area contributed by atoms with Gasteiger partial charge in [-0.3, -0.25) is 0 Å². The molecule has 1 aromatic heterocycles. The molecule has 1 heterocycles. The van der Waals surface area contributed by atoms with Crippen LogP contribution in [-0.4, -0.2) is 0 Å².